The lowest BCUT2D eigenvalue weighted by Gasteiger charge is -2.61. The lowest BCUT2D eigenvalue weighted by Crippen LogP contribution is -2.71. The summed E-state index contributed by atoms with van der Waals surface area (Å²) in [6.45, 7) is 5.85. The Kier molecular flexibility index (Phi) is 5.17. The molecule has 2 aliphatic carbocycles. The Bertz CT molecular complexity index is 1010. The second-order valence-electron chi connectivity index (χ2n) is 10.5. The van der Waals surface area contributed by atoms with Gasteiger partial charge in [-0.1, -0.05) is 6.07 Å². The highest BCUT2D eigenvalue weighted by Gasteiger charge is 2.63. The Morgan fingerprint density at radius 1 is 1.09 bits per heavy atom. The van der Waals surface area contributed by atoms with Crippen molar-refractivity contribution in [2.75, 3.05) is 32.7 Å². The van der Waals surface area contributed by atoms with Gasteiger partial charge in [-0.2, -0.15) is 5.10 Å². The number of benzene rings is 1. The molecule has 4 aliphatic rings. The molecule has 2 aromatic rings. The minimum atomic E-state index is -0.746. The van der Waals surface area contributed by atoms with Crippen molar-refractivity contribution in [1.29, 1.82) is 0 Å². The molecule has 2 bridgehead atoms. The van der Waals surface area contributed by atoms with Gasteiger partial charge in [-0.15, -0.1) is 0 Å². The Morgan fingerprint density at radius 3 is 2.69 bits per heavy atom. The number of hydrogen-bond acceptors (Lipinski definition) is 5. The first-order valence-corrected chi connectivity index (χ1v) is 13.0. The highest BCUT2D eigenvalue weighted by molar-refractivity contribution is 9.10. The SMILES string of the molecule is Oc1ccc2c(c1)[C@@]13CCN(CCn4cc(Br)cn4)CC[C@@]1(O)[C@@H](C2)N(CC1CC1)CC3. The molecule has 1 aromatic carbocycles. The molecule has 0 spiro atoms. The smallest absolute Gasteiger partial charge is 0.115 e. The van der Waals surface area contributed by atoms with E-state index in [4.69, 9.17) is 0 Å². The van der Waals surface area contributed by atoms with Gasteiger partial charge in [0, 0.05) is 37.3 Å². The highest BCUT2D eigenvalue weighted by Crippen LogP contribution is 2.56. The predicted molar refractivity (Wildman–Crippen MR) is 127 cm³/mol. The summed E-state index contributed by atoms with van der Waals surface area (Å²) < 4.78 is 2.99. The molecule has 7 heteroatoms. The van der Waals surface area contributed by atoms with Crippen LogP contribution in [0.5, 0.6) is 5.75 Å². The van der Waals surface area contributed by atoms with E-state index in [1.165, 1.54) is 24.0 Å². The van der Waals surface area contributed by atoms with Gasteiger partial charge in [-0.25, -0.2) is 0 Å². The average molecular weight is 501 g/mol. The van der Waals surface area contributed by atoms with Gasteiger partial charge in [0.15, 0.2) is 0 Å². The minimum Gasteiger partial charge on any atom is -0.508 e. The summed E-state index contributed by atoms with van der Waals surface area (Å²) in [5, 5.41) is 27.3. The summed E-state index contributed by atoms with van der Waals surface area (Å²) in [5.41, 5.74) is 1.52. The second-order valence-corrected chi connectivity index (χ2v) is 11.4. The van der Waals surface area contributed by atoms with Crippen molar-refractivity contribution in [1.82, 2.24) is 19.6 Å². The Labute approximate surface area is 198 Å². The van der Waals surface area contributed by atoms with Crippen molar-refractivity contribution < 1.29 is 10.2 Å². The zero-order valence-electron chi connectivity index (χ0n) is 18.6. The van der Waals surface area contributed by atoms with Gasteiger partial charge in [-0.05, 0) is 96.7 Å². The number of fused-ring (bicyclic) bond motifs is 1. The van der Waals surface area contributed by atoms with Crippen molar-refractivity contribution in [3.8, 4) is 5.75 Å². The standard InChI is InChI=1S/C25H33BrN4O2/c26-20-15-27-30(17-20)12-11-28-8-5-24-6-10-29(16-18-1-2-18)23(25(24,32)7-9-28)13-19-3-4-21(31)14-22(19)24/h3-4,14-15,17-18,23,31-32H,1-2,5-13,16H2/t23-,24+,25-/m1/s1. The van der Waals surface area contributed by atoms with Crippen LogP contribution in [0, 0.1) is 5.92 Å². The number of rotatable bonds is 5. The second kappa shape index (κ2) is 7.83. The molecule has 1 aromatic heterocycles. The number of aromatic hydroxyl groups is 1. The summed E-state index contributed by atoms with van der Waals surface area (Å²) >= 11 is 3.48. The summed E-state index contributed by atoms with van der Waals surface area (Å²) in [5.74, 6) is 1.15. The number of aliphatic hydroxyl groups is 1. The van der Waals surface area contributed by atoms with Crippen molar-refractivity contribution in [2.45, 2.75) is 62.1 Å². The van der Waals surface area contributed by atoms with Gasteiger partial charge in [0.2, 0.25) is 0 Å². The van der Waals surface area contributed by atoms with Gasteiger partial charge in [0.25, 0.3) is 0 Å². The number of aromatic nitrogens is 2. The van der Waals surface area contributed by atoms with Crippen molar-refractivity contribution in [2.24, 2.45) is 5.92 Å². The largest absolute Gasteiger partial charge is 0.508 e. The molecule has 2 N–H and O–H groups in total. The molecule has 0 radical (unpaired) electrons. The van der Waals surface area contributed by atoms with Crippen molar-refractivity contribution in [3.05, 3.63) is 46.2 Å². The monoisotopic (exact) mass is 500 g/mol. The first-order valence-electron chi connectivity index (χ1n) is 12.2. The highest BCUT2D eigenvalue weighted by atomic mass is 79.9. The number of likely N-dealkylation sites (tertiary alicyclic amines) is 2. The topological polar surface area (TPSA) is 64.8 Å². The van der Waals surface area contributed by atoms with E-state index in [9.17, 15) is 10.2 Å². The summed E-state index contributed by atoms with van der Waals surface area (Å²) in [6.07, 6.45) is 10.1. The molecule has 3 heterocycles. The van der Waals surface area contributed by atoms with Gasteiger partial charge < -0.3 is 15.1 Å². The quantitative estimate of drug-likeness (QED) is 0.659. The Hall–Kier alpha value is -1.41. The third-order valence-corrected chi connectivity index (χ3v) is 9.18. The van der Waals surface area contributed by atoms with Crippen LogP contribution in [-0.4, -0.2) is 74.2 Å². The van der Waals surface area contributed by atoms with E-state index in [2.05, 4.69) is 36.9 Å². The Morgan fingerprint density at radius 2 is 1.91 bits per heavy atom. The molecule has 6 nitrogen and oxygen atoms in total. The normalized spacial score (nSPS) is 32.9. The summed E-state index contributed by atoms with van der Waals surface area (Å²) in [4.78, 5) is 5.12. The van der Waals surface area contributed by atoms with E-state index in [1.807, 2.05) is 29.2 Å². The van der Waals surface area contributed by atoms with E-state index in [-0.39, 0.29) is 11.5 Å². The van der Waals surface area contributed by atoms with Gasteiger partial charge in [0.1, 0.15) is 5.75 Å². The molecule has 172 valence electrons. The van der Waals surface area contributed by atoms with Gasteiger partial charge in [0.05, 0.1) is 22.8 Å². The van der Waals surface area contributed by atoms with Crippen LogP contribution < -0.4 is 0 Å². The molecule has 0 amide bonds. The minimum absolute atomic E-state index is 0.177. The first-order chi connectivity index (χ1) is 15.5. The molecular weight excluding hydrogens is 468 g/mol. The van der Waals surface area contributed by atoms with Crippen LogP contribution in [0.2, 0.25) is 0 Å². The van der Waals surface area contributed by atoms with Crippen LogP contribution in [-0.2, 0) is 18.4 Å². The number of phenolic OH excluding ortho intramolecular Hbond substituents is 1. The van der Waals surface area contributed by atoms with Crippen LogP contribution in [0.15, 0.2) is 35.1 Å². The lowest BCUT2D eigenvalue weighted by molar-refractivity contribution is -0.149. The van der Waals surface area contributed by atoms with Crippen LogP contribution in [0.3, 0.4) is 0 Å². The molecular formula is C25H33BrN4O2. The number of piperidine rings is 1. The average Bonchev–Trinajstić information content (AvgIpc) is 3.52. The fourth-order valence-electron chi connectivity index (χ4n) is 6.84. The van der Waals surface area contributed by atoms with Crippen LogP contribution in [0.4, 0.5) is 0 Å². The maximum atomic E-state index is 12.5. The van der Waals surface area contributed by atoms with E-state index >= 15 is 0 Å². The zero-order chi connectivity index (χ0) is 21.9. The number of phenols is 1. The number of nitrogens with zero attached hydrogens (tertiary/aromatic N) is 4. The predicted octanol–water partition coefficient (Wildman–Crippen LogP) is 3.16. The van der Waals surface area contributed by atoms with Crippen LogP contribution in [0.1, 0.15) is 43.2 Å². The molecule has 32 heavy (non-hydrogen) atoms. The molecule has 6 rings (SSSR count). The maximum Gasteiger partial charge on any atom is 0.115 e. The summed E-state index contributed by atoms with van der Waals surface area (Å²) in [7, 11) is 0. The van der Waals surface area contributed by atoms with Gasteiger partial charge >= 0.3 is 0 Å². The first kappa shape index (κ1) is 21.1. The lowest BCUT2D eigenvalue weighted by atomic mass is 9.52. The fraction of sp³-hybridized carbons (Fsp3) is 0.640. The molecule has 3 fully saturated rings. The third-order valence-electron chi connectivity index (χ3n) is 8.77. The van der Waals surface area contributed by atoms with E-state index in [0.29, 0.717) is 5.75 Å². The molecule has 2 aliphatic heterocycles. The van der Waals surface area contributed by atoms with Crippen molar-refractivity contribution >= 4 is 15.9 Å². The van der Waals surface area contributed by atoms with Crippen molar-refractivity contribution in [3.63, 3.8) is 0 Å². The fourth-order valence-corrected chi connectivity index (χ4v) is 7.17. The molecule has 2 saturated heterocycles. The van der Waals surface area contributed by atoms with E-state index in [1.54, 1.807) is 0 Å². The number of hydrogen-bond donors (Lipinski definition) is 2. The van der Waals surface area contributed by atoms with E-state index < -0.39 is 5.60 Å². The summed E-state index contributed by atoms with van der Waals surface area (Å²) in [6, 6.07) is 6.07. The van der Waals surface area contributed by atoms with Gasteiger partial charge in [-0.3, -0.25) is 9.58 Å². The van der Waals surface area contributed by atoms with Crippen LogP contribution in [0.25, 0.3) is 0 Å². The van der Waals surface area contributed by atoms with Crippen LogP contribution >= 0.6 is 15.9 Å². The molecule has 3 atom stereocenters. The molecule has 0 unspecified atom stereocenters. The molecule has 1 saturated carbocycles. The number of halogens is 1. The third kappa shape index (κ3) is 3.44. The zero-order valence-corrected chi connectivity index (χ0v) is 20.2. The maximum absolute atomic E-state index is 12.5. The Balaban J connectivity index is 1.31. The van der Waals surface area contributed by atoms with E-state index in [0.717, 1.165) is 75.3 Å².